The molecule has 38 heavy (non-hydrogen) atoms. The number of nitrogens with zero attached hydrogens (tertiary/aromatic N) is 2. The Morgan fingerprint density at radius 3 is 2.32 bits per heavy atom. The van der Waals surface area contributed by atoms with E-state index >= 15 is 0 Å². The highest BCUT2D eigenvalue weighted by Crippen LogP contribution is 2.43. The topological polar surface area (TPSA) is 73.2 Å². The molecule has 1 heterocycles. The van der Waals surface area contributed by atoms with Gasteiger partial charge in [0.15, 0.2) is 0 Å². The van der Waals surface area contributed by atoms with Crippen LogP contribution in [0.5, 0.6) is 0 Å². The molecule has 194 valence electrons. The van der Waals surface area contributed by atoms with Crippen LogP contribution in [0.1, 0.15) is 11.1 Å². The Bertz CT molecular complexity index is 1490. The Morgan fingerprint density at radius 1 is 1.00 bits per heavy atom. The Hall–Kier alpha value is -3.16. The van der Waals surface area contributed by atoms with Crippen molar-refractivity contribution in [3.8, 4) is 6.07 Å². The van der Waals surface area contributed by atoms with E-state index < -0.39 is 28.8 Å². The van der Waals surface area contributed by atoms with Crippen molar-refractivity contribution in [1.82, 2.24) is 0 Å². The normalized spacial score (nSPS) is 16.8. The number of carbonyl (C=O) groups excluding carboxylic acids is 2. The summed E-state index contributed by atoms with van der Waals surface area (Å²) >= 11 is 19.0. The molecule has 4 rings (SSSR count). The van der Waals surface area contributed by atoms with Gasteiger partial charge >= 0.3 is 6.18 Å². The quantitative estimate of drug-likeness (QED) is 0.242. The van der Waals surface area contributed by atoms with E-state index in [4.69, 9.17) is 34.8 Å². The summed E-state index contributed by atoms with van der Waals surface area (Å²) in [7, 11) is 0. The molecule has 1 unspecified atom stereocenters. The minimum absolute atomic E-state index is 0.0364. The van der Waals surface area contributed by atoms with Crippen LogP contribution >= 0.6 is 46.6 Å². The Balaban J connectivity index is 1.73. The molecular formula is C26H15Cl3F3N3O2S. The van der Waals surface area contributed by atoms with Gasteiger partial charge in [-0.15, -0.1) is 0 Å². The first-order chi connectivity index (χ1) is 18.0. The largest absolute Gasteiger partial charge is 0.416 e. The maximum absolute atomic E-state index is 13.5. The van der Waals surface area contributed by atoms with Crippen molar-refractivity contribution in [2.75, 3.05) is 10.2 Å². The predicted octanol–water partition coefficient (Wildman–Crippen LogP) is 7.73. The van der Waals surface area contributed by atoms with Crippen LogP contribution in [0.15, 0.2) is 77.3 Å². The second-order valence-electron chi connectivity index (χ2n) is 8.00. The third-order valence-electron chi connectivity index (χ3n) is 5.48. The number of carbonyl (C=O) groups is 2. The predicted molar refractivity (Wildman–Crippen MR) is 143 cm³/mol. The number of amides is 2. The number of benzene rings is 3. The number of nitriles is 1. The second kappa shape index (κ2) is 11.3. The molecule has 0 aromatic heterocycles. The molecule has 3 aromatic carbocycles. The highest BCUT2D eigenvalue weighted by atomic mass is 35.5. The Kier molecular flexibility index (Phi) is 8.28. The van der Waals surface area contributed by atoms with Gasteiger partial charge in [-0.25, -0.2) is 0 Å². The number of rotatable bonds is 5. The van der Waals surface area contributed by atoms with Crippen LogP contribution in [0.25, 0.3) is 0 Å². The van der Waals surface area contributed by atoms with Crippen LogP contribution in [-0.4, -0.2) is 17.1 Å². The van der Waals surface area contributed by atoms with Crippen LogP contribution in [0.2, 0.25) is 15.1 Å². The molecule has 1 aliphatic rings. The highest BCUT2D eigenvalue weighted by molar-refractivity contribution is 8.05. The summed E-state index contributed by atoms with van der Waals surface area (Å²) in [6.45, 7) is 0. The van der Waals surface area contributed by atoms with E-state index in [1.807, 2.05) is 6.07 Å². The second-order valence-corrected chi connectivity index (χ2v) is 10.4. The smallest absolute Gasteiger partial charge is 0.321 e. The summed E-state index contributed by atoms with van der Waals surface area (Å²) in [6.07, 6.45) is -4.75. The molecule has 0 aliphatic carbocycles. The molecule has 12 heteroatoms. The van der Waals surface area contributed by atoms with Crippen molar-refractivity contribution in [3.05, 3.63) is 104 Å². The van der Waals surface area contributed by atoms with Crippen LogP contribution in [0.4, 0.5) is 24.5 Å². The number of thioether (sulfide) groups is 1. The van der Waals surface area contributed by atoms with Crippen LogP contribution in [0, 0.1) is 11.3 Å². The first-order valence-corrected chi connectivity index (χ1v) is 12.8. The standard InChI is InChI=1S/C26H15Cl3F3N3O2S/c27-19-8-6-15(26(30,31)32)10-14(19)11-22-24(37)35(17-4-2-1-3-5-17)25(38-22)18(13-33)23(36)34-16-7-9-20(28)21(29)12-16/h1-10,12,22H,11H2,(H,34,36). The summed E-state index contributed by atoms with van der Waals surface area (Å²) in [6, 6.07) is 17.4. The fourth-order valence-electron chi connectivity index (χ4n) is 3.67. The molecule has 1 N–H and O–H groups in total. The molecule has 1 aliphatic heterocycles. The van der Waals surface area contributed by atoms with E-state index in [1.54, 1.807) is 30.3 Å². The molecule has 0 bridgehead atoms. The average Bonchev–Trinajstić information content (AvgIpc) is 3.18. The van der Waals surface area contributed by atoms with Crippen LogP contribution in [-0.2, 0) is 22.2 Å². The minimum Gasteiger partial charge on any atom is -0.321 e. The SMILES string of the molecule is N#CC(C(=O)Nc1ccc(Cl)c(Cl)c1)=C1SC(Cc2cc(C(F)(F)F)ccc2Cl)C(=O)N1c1ccccc1. The van der Waals surface area contributed by atoms with E-state index in [2.05, 4.69) is 5.32 Å². The molecule has 2 amide bonds. The van der Waals surface area contributed by atoms with E-state index in [9.17, 15) is 28.0 Å². The van der Waals surface area contributed by atoms with Gasteiger partial charge in [0, 0.05) is 16.4 Å². The first kappa shape index (κ1) is 27.9. The molecule has 1 fully saturated rings. The van der Waals surface area contributed by atoms with Gasteiger partial charge in [-0.3, -0.25) is 14.5 Å². The van der Waals surface area contributed by atoms with Gasteiger partial charge < -0.3 is 5.32 Å². The van der Waals surface area contributed by atoms with Crippen molar-refractivity contribution in [3.63, 3.8) is 0 Å². The number of anilines is 2. The molecule has 1 atom stereocenters. The third-order valence-corrected chi connectivity index (χ3v) is 7.85. The summed E-state index contributed by atoms with van der Waals surface area (Å²) in [5.74, 6) is -1.32. The summed E-state index contributed by atoms with van der Waals surface area (Å²) in [5.41, 5.74) is -0.503. The average molecular weight is 597 g/mol. The number of alkyl halides is 3. The molecule has 1 saturated heterocycles. The van der Waals surface area contributed by atoms with E-state index in [-0.39, 0.29) is 43.3 Å². The Morgan fingerprint density at radius 2 is 1.68 bits per heavy atom. The van der Waals surface area contributed by atoms with Gasteiger partial charge in [-0.1, -0.05) is 64.8 Å². The lowest BCUT2D eigenvalue weighted by Crippen LogP contribution is -2.31. The fourth-order valence-corrected chi connectivity index (χ4v) is 5.46. The van der Waals surface area contributed by atoms with Gasteiger partial charge in [-0.05, 0) is 60.5 Å². The van der Waals surface area contributed by atoms with E-state index in [0.29, 0.717) is 5.69 Å². The molecular weight excluding hydrogens is 582 g/mol. The van der Waals surface area contributed by atoms with Crippen molar-refractivity contribution in [2.45, 2.75) is 17.8 Å². The van der Waals surface area contributed by atoms with Crippen molar-refractivity contribution < 1.29 is 22.8 Å². The summed E-state index contributed by atoms with van der Waals surface area (Å²) < 4.78 is 39.8. The van der Waals surface area contributed by atoms with Gasteiger partial charge in [0.2, 0.25) is 5.91 Å². The van der Waals surface area contributed by atoms with Crippen molar-refractivity contribution in [2.24, 2.45) is 0 Å². The lowest BCUT2D eigenvalue weighted by molar-refractivity contribution is -0.137. The molecule has 3 aromatic rings. The zero-order valence-electron chi connectivity index (χ0n) is 19.0. The highest BCUT2D eigenvalue weighted by Gasteiger charge is 2.41. The van der Waals surface area contributed by atoms with Gasteiger partial charge in [-0.2, -0.15) is 18.4 Å². The first-order valence-electron chi connectivity index (χ1n) is 10.8. The monoisotopic (exact) mass is 595 g/mol. The summed E-state index contributed by atoms with van der Waals surface area (Å²) in [5, 5.41) is 12.1. The van der Waals surface area contributed by atoms with Crippen LogP contribution < -0.4 is 10.2 Å². The Labute approximate surface area is 234 Å². The number of hydrogen-bond donors (Lipinski definition) is 1. The fraction of sp³-hybridized carbons (Fsp3) is 0.115. The maximum atomic E-state index is 13.5. The third kappa shape index (κ3) is 5.94. The zero-order valence-corrected chi connectivity index (χ0v) is 22.1. The van der Waals surface area contributed by atoms with Gasteiger partial charge in [0.1, 0.15) is 16.7 Å². The van der Waals surface area contributed by atoms with Crippen molar-refractivity contribution in [1.29, 1.82) is 5.26 Å². The maximum Gasteiger partial charge on any atom is 0.416 e. The number of para-hydroxylation sites is 1. The lowest BCUT2D eigenvalue weighted by atomic mass is 10.0. The minimum atomic E-state index is -4.59. The number of halogens is 6. The van der Waals surface area contributed by atoms with Crippen LogP contribution in [0.3, 0.4) is 0 Å². The number of nitrogens with one attached hydrogen (secondary N) is 1. The molecule has 0 saturated carbocycles. The van der Waals surface area contributed by atoms with Gasteiger partial charge in [0.25, 0.3) is 5.91 Å². The number of hydrogen-bond acceptors (Lipinski definition) is 4. The van der Waals surface area contributed by atoms with E-state index in [1.165, 1.54) is 23.1 Å². The lowest BCUT2D eigenvalue weighted by Gasteiger charge is -2.18. The molecule has 5 nitrogen and oxygen atoms in total. The van der Waals surface area contributed by atoms with Crippen molar-refractivity contribution >= 4 is 69.8 Å². The summed E-state index contributed by atoms with van der Waals surface area (Å²) in [4.78, 5) is 27.9. The van der Waals surface area contributed by atoms with E-state index in [0.717, 1.165) is 30.0 Å². The molecule has 0 spiro atoms. The zero-order chi connectivity index (χ0) is 27.6. The molecule has 0 radical (unpaired) electrons. The van der Waals surface area contributed by atoms with Gasteiger partial charge in [0.05, 0.1) is 20.9 Å².